The van der Waals surface area contributed by atoms with Gasteiger partial charge in [-0.2, -0.15) is 13.2 Å². The Morgan fingerprint density at radius 1 is 1.20 bits per heavy atom. The molecule has 10 heavy (non-hydrogen) atoms. The molecule has 0 N–H and O–H groups in total. The molecule has 0 aliphatic rings. The Kier molecular flexibility index (Phi) is 3.19. The van der Waals surface area contributed by atoms with E-state index in [4.69, 9.17) is 0 Å². The van der Waals surface area contributed by atoms with Crippen LogP contribution in [0.2, 0.25) is 0 Å². The van der Waals surface area contributed by atoms with Gasteiger partial charge in [-0.05, 0) is 5.92 Å². The summed E-state index contributed by atoms with van der Waals surface area (Å²) in [5, 5.41) is 0. The van der Waals surface area contributed by atoms with E-state index in [1.54, 1.807) is 13.8 Å². The van der Waals surface area contributed by atoms with Crippen molar-refractivity contribution >= 4 is 0 Å². The van der Waals surface area contributed by atoms with Crippen molar-refractivity contribution in [1.82, 2.24) is 0 Å². The quantitative estimate of drug-likeness (QED) is 0.572. The van der Waals surface area contributed by atoms with Gasteiger partial charge in [-0.1, -0.05) is 27.2 Å². The van der Waals surface area contributed by atoms with Crippen molar-refractivity contribution in [1.29, 1.82) is 0 Å². The summed E-state index contributed by atoms with van der Waals surface area (Å²) in [6, 6.07) is 0. The van der Waals surface area contributed by atoms with Crippen LogP contribution in [0.3, 0.4) is 0 Å². The van der Waals surface area contributed by atoms with Crippen LogP contribution < -0.4 is 0 Å². The maximum Gasteiger partial charge on any atom is 0.391 e. The maximum absolute atomic E-state index is 11.9. The maximum atomic E-state index is 11.9. The van der Waals surface area contributed by atoms with Gasteiger partial charge in [0, 0.05) is 0 Å². The minimum absolute atomic E-state index is 0.264. The van der Waals surface area contributed by atoms with Crippen molar-refractivity contribution in [2.24, 2.45) is 11.8 Å². The van der Waals surface area contributed by atoms with Crippen LogP contribution in [0.5, 0.6) is 0 Å². The highest BCUT2D eigenvalue weighted by atomic mass is 19.4. The predicted octanol–water partition coefficient (Wildman–Crippen LogP) is 3.23. The van der Waals surface area contributed by atoms with Crippen LogP contribution in [-0.4, -0.2) is 6.18 Å². The molecule has 1 unspecified atom stereocenters. The van der Waals surface area contributed by atoms with E-state index in [9.17, 15) is 13.2 Å². The second kappa shape index (κ2) is 3.26. The number of halogens is 3. The van der Waals surface area contributed by atoms with Crippen molar-refractivity contribution in [3.05, 3.63) is 0 Å². The Labute approximate surface area is 59.4 Å². The highest BCUT2D eigenvalue weighted by Crippen LogP contribution is 2.32. The number of rotatable bonds is 2. The molecular weight excluding hydrogens is 141 g/mol. The van der Waals surface area contributed by atoms with Gasteiger partial charge in [0.1, 0.15) is 0 Å². The molecule has 0 heterocycles. The molecule has 0 aromatic carbocycles. The summed E-state index contributed by atoms with van der Waals surface area (Å²) >= 11 is 0. The average Bonchev–Trinajstić information content (AvgIpc) is 1.83. The number of hydrogen-bond acceptors (Lipinski definition) is 0. The van der Waals surface area contributed by atoms with Gasteiger partial charge in [-0.15, -0.1) is 0 Å². The fourth-order valence-corrected chi connectivity index (χ4v) is 0.676. The third-order valence-corrected chi connectivity index (χ3v) is 2.01. The van der Waals surface area contributed by atoms with Gasteiger partial charge in [0.05, 0.1) is 5.92 Å². The molecule has 0 rings (SSSR count). The molecule has 0 fully saturated rings. The first-order valence-corrected chi connectivity index (χ1v) is 3.46. The van der Waals surface area contributed by atoms with Crippen LogP contribution in [-0.2, 0) is 0 Å². The lowest BCUT2D eigenvalue weighted by Gasteiger charge is -2.20. The first-order valence-electron chi connectivity index (χ1n) is 3.46. The molecule has 0 saturated carbocycles. The predicted molar refractivity (Wildman–Crippen MR) is 34.7 cm³/mol. The van der Waals surface area contributed by atoms with E-state index >= 15 is 0 Å². The Balaban J connectivity index is 3.94. The standard InChI is InChI=1S/C7H13F3/c1-4-5(2)6(3)7(8,9)10/h5-6H,4H2,1-3H3/t5?,6-/m1/s1. The third kappa shape index (κ3) is 2.58. The summed E-state index contributed by atoms with van der Waals surface area (Å²) in [4.78, 5) is 0. The van der Waals surface area contributed by atoms with Crippen molar-refractivity contribution in [3.63, 3.8) is 0 Å². The third-order valence-electron chi connectivity index (χ3n) is 2.01. The molecule has 0 spiro atoms. The first kappa shape index (κ1) is 9.79. The second-order valence-electron chi connectivity index (χ2n) is 2.72. The second-order valence-corrected chi connectivity index (χ2v) is 2.72. The van der Waals surface area contributed by atoms with Crippen LogP contribution in [0.4, 0.5) is 13.2 Å². The van der Waals surface area contributed by atoms with Gasteiger partial charge >= 0.3 is 6.18 Å². The minimum Gasteiger partial charge on any atom is -0.171 e. The number of hydrogen-bond donors (Lipinski definition) is 0. The summed E-state index contributed by atoms with van der Waals surface area (Å²) < 4.78 is 35.7. The summed E-state index contributed by atoms with van der Waals surface area (Å²) in [5.41, 5.74) is 0. The van der Waals surface area contributed by atoms with E-state index in [2.05, 4.69) is 0 Å². The molecule has 0 amide bonds. The molecule has 0 aromatic rings. The topological polar surface area (TPSA) is 0 Å². The van der Waals surface area contributed by atoms with Crippen LogP contribution in [0.15, 0.2) is 0 Å². The minimum atomic E-state index is -4.02. The van der Waals surface area contributed by atoms with E-state index in [0.29, 0.717) is 6.42 Å². The molecule has 0 aliphatic heterocycles. The molecule has 0 aromatic heterocycles. The number of alkyl halides is 3. The molecule has 3 heteroatoms. The van der Waals surface area contributed by atoms with E-state index in [-0.39, 0.29) is 5.92 Å². The van der Waals surface area contributed by atoms with Gasteiger partial charge in [-0.3, -0.25) is 0 Å². The van der Waals surface area contributed by atoms with Crippen LogP contribution in [0, 0.1) is 11.8 Å². The summed E-state index contributed by atoms with van der Waals surface area (Å²) in [7, 11) is 0. The average molecular weight is 154 g/mol. The molecule has 0 bridgehead atoms. The van der Waals surface area contributed by atoms with E-state index < -0.39 is 12.1 Å². The molecule has 0 nitrogen and oxygen atoms in total. The molecule has 0 saturated heterocycles. The fraction of sp³-hybridized carbons (Fsp3) is 1.00. The smallest absolute Gasteiger partial charge is 0.171 e. The van der Waals surface area contributed by atoms with Gasteiger partial charge in [0.15, 0.2) is 0 Å². The van der Waals surface area contributed by atoms with Gasteiger partial charge < -0.3 is 0 Å². The lowest BCUT2D eigenvalue weighted by molar-refractivity contribution is -0.182. The van der Waals surface area contributed by atoms with E-state index in [1.807, 2.05) is 0 Å². The molecule has 2 atom stereocenters. The van der Waals surface area contributed by atoms with E-state index in [0.717, 1.165) is 0 Å². The fourth-order valence-electron chi connectivity index (χ4n) is 0.676. The van der Waals surface area contributed by atoms with Crippen molar-refractivity contribution in [3.8, 4) is 0 Å². The van der Waals surface area contributed by atoms with Crippen molar-refractivity contribution < 1.29 is 13.2 Å². The summed E-state index contributed by atoms with van der Waals surface area (Å²) in [6.45, 7) is 4.62. The molecule has 0 radical (unpaired) electrons. The highest BCUT2D eigenvalue weighted by Gasteiger charge is 2.38. The zero-order chi connectivity index (χ0) is 8.36. The molecule has 0 aliphatic carbocycles. The summed E-state index contributed by atoms with van der Waals surface area (Å²) in [5.74, 6) is -1.43. The zero-order valence-electron chi connectivity index (χ0n) is 6.50. The Hall–Kier alpha value is -0.210. The van der Waals surface area contributed by atoms with E-state index in [1.165, 1.54) is 6.92 Å². The van der Waals surface area contributed by atoms with Gasteiger partial charge in [0.25, 0.3) is 0 Å². The zero-order valence-corrected chi connectivity index (χ0v) is 6.50. The Morgan fingerprint density at radius 3 is 1.70 bits per heavy atom. The van der Waals surface area contributed by atoms with Crippen molar-refractivity contribution in [2.75, 3.05) is 0 Å². The largest absolute Gasteiger partial charge is 0.391 e. The van der Waals surface area contributed by atoms with Crippen LogP contribution in [0.25, 0.3) is 0 Å². The summed E-state index contributed by atoms with van der Waals surface area (Å²) in [6.07, 6.45) is -3.43. The van der Waals surface area contributed by atoms with Crippen molar-refractivity contribution in [2.45, 2.75) is 33.4 Å². The molecular formula is C7H13F3. The SMILES string of the molecule is CCC(C)[C@@H](C)C(F)(F)F. The van der Waals surface area contributed by atoms with Crippen LogP contribution in [0.1, 0.15) is 27.2 Å². The monoisotopic (exact) mass is 154 g/mol. The van der Waals surface area contributed by atoms with Crippen LogP contribution >= 0.6 is 0 Å². The lowest BCUT2D eigenvalue weighted by atomic mass is 9.93. The Morgan fingerprint density at radius 2 is 1.60 bits per heavy atom. The Bertz CT molecular complexity index is 95.5. The van der Waals surface area contributed by atoms with Gasteiger partial charge in [-0.25, -0.2) is 0 Å². The first-order chi connectivity index (χ1) is 4.39. The normalized spacial score (nSPS) is 18.6. The lowest BCUT2D eigenvalue weighted by Crippen LogP contribution is -2.25. The van der Waals surface area contributed by atoms with Gasteiger partial charge in [0.2, 0.25) is 0 Å². The highest BCUT2D eigenvalue weighted by molar-refractivity contribution is 4.67. The molecule has 62 valence electrons.